The van der Waals surface area contributed by atoms with Crippen LogP contribution in [0.4, 0.5) is 0 Å². The van der Waals surface area contributed by atoms with Crippen molar-refractivity contribution in [2.24, 2.45) is 0 Å². The summed E-state index contributed by atoms with van der Waals surface area (Å²) in [4.78, 5) is 0. The van der Waals surface area contributed by atoms with Crippen molar-refractivity contribution < 1.29 is 4.74 Å². The number of aryl methyl sites for hydroxylation is 1. The first-order chi connectivity index (χ1) is 6.22. The Labute approximate surface area is 88.2 Å². The van der Waals surface area contributed by atoms with Crippen molar-refractivity contribution in [3.63, 3.8) is 0 Å². The van der Waals surface area contributed by atoms with E-state index in [0.717, 1.165) is 17.5 Å². The van der Waals surface area contributed by atoms with Crippen LogP contribution >= 0.6 is 15.9 Å². The summed E-state index contributed by atoms with van der Waals surface area (Å²) in [6, 6.07) is 8.27. The Morgan fingerprint density at radius 1 is 1.23 bits per heavy atom. The quantitative estimate of drug-likeness (QED) is 0.736. The molecule has 0 aliphatic carbocycles. The van der Waals surface area contributed by atoms with Crippen molar-refractivity contribution in [3.8, 4) is 5.75 Å². The van der Waals surface area contributed by atoms with Crippen molar-refractivity contribution in [2.75, 3.05) is 5.33 Å². The molecule has 1 aromatic carbocycles. The van der Waals surface area contributed by atoms with Gasteiger partial charge in [-0.1, -0.05) is 28.1 Å². The van der Waals surface area contributed by atoms with Gasteiger partial charge in [-0.05, 0) is 38.0 Å². The zero-order chi connectivity index (χ0) is 9.68. The Balaban J connectivity index is 2.59. The second-order valence-corrected chi connectivity index (χ2v) is 4.04. The Hall–Kier alpha value is -0.500. The van der Waals surface area contributed by atoms with Crippen molar-refractivity contribution >= 4 is 15.9 Å². The molecular weight excluding hydrogens is 228 g/mol. The van der Waals surface area contributed by atoms with Crippen LogP contribution in [0.15, 0.2) is 24.3 Å². The molecule has 13 heavy (non-hydrogen) atoms. The maximum Gasteiger partial charge on any atom is 0.119 e. The fraction of sp³-hybridized carbons (Fsp3) is 0.455. The summed E-state index contributed by atoms with van der Waals surface area (Å²) in [5, 5.41) is 1.01. The molecule has 0 aliphatic rings. The summed E-state index contributed by atoms with van der Waals surface area (Å²) >= 11 is 3.41. The van der Waals surface area contributed by atoms with Gasteiger partial charge >= 0.3 is 0 Å². The Kier molecular flexibility index (Phi) is 4.29. The normalized spacial score (nSPS) is 10.5. The zero-order valence-electron chi connectivity index (χ0n) is 8.09. The van der Waals surface area contributed by atoms with E-state index in [1.165, 1.54) is 5.56 Å². The highest BCUT2D eigenvalue weighted by Gasteiger charge is 1.97. The molecule has 0 fully saturated rings. The van der Waals surface area contributed by atoms with E-state index in [1.54, 1.807) is 0 Å². The molecule has 1 nitrogen and oxygen atoms in total. The molecule has 0 saturated carbocycles. The number of hydrogen-bond acceptors (Lipinski definition) is 1. The number of alkyl halides is 1. The average Bonchev–Trinajstić information content (AvgIpc) is 2.08. The first kappa shape index (κ1) is 10.6. The van der Waals surface area contributed by atoms with Crippen LogP contribution in [0.2, 0.25) is 0 Å². The first-order valence-corrected chi connectivity index (χ1v) is 5.66. The number of hydrogen-bond donors (Lipinski definition) is 0. The molecule has 0 heterocycles. The Morgan fingerprint density at radius 3 is 2.31 bits per heavy atom. The van der Waals surface area contributed by atoms with Crippen LogP contribution in [0, 0.1) is 0 Å². The molecule has 1 rings (SSSR count). The highest BCUT2D eigenvalue weighted by molar-refractivity contribution is 9.09. The van der Waals surface area contributed by atoms with Crippen LogP contribution in [0.5, 0.6) is 5.75 Å². The van der Waals surface area contributed by atoms with Crippen LogP contribution in [-0.4, -0.2) is 11.4 Å². The van der Waals surface area contributed by atoms with E-state index < -0.39 is 0 Å². The van der Waals surface area contributed by atoms with Gasteiger partial charge in [0.2, 0.25) is 0 Å². The van der Waals surface area contributed by atoms with E-state index in [0.29, 0.717) is 0 Å². The van der Waals surface area contributed by atoms with Crippen LogP contribution in [0.3, 0.4) is 0 Å². The Morgan fingerprint density at radius 2 is 1.85 bits per heavy atom. The summed E-state index contributed by atoms with van der Waals surface area (Å²) in [7, 11) is 0. The van der Waals surface area contributed by atoms with Gasteiger partial charge in [0.05, 0.1) is 6.10 Å². The molecular formula is C11H15BrO. The van der Waals surface area contributed by atoms with Gasteiger partial charge < -0.3 is 4.74 Å². The average molecular weight is 243 g/mol. The van der Waals surface area contributed by atoms with E-state index in [9.17, 15) is 0 Å². The van der Waals surface area contributed by atoms with Crippen LogP contribution in [0.1, 0.15) is 19.4 Å². The molecule has 0 unspecified atom stereocenters. The minimum Gasteiger partial charge on any atom is -0.491 e. The third kappa shape index (κ3) is 3.81. The molecule has 0 aromatic heterocycles. The topological polar surface area (TPSA) is 9.23 Å². The summed E-state index contributed by atoms with van der Waals surface area (Å²) in [6.07, 6.45) is 1.32. The molecule has 0 radical (unpaired) electrons. The highest BCUT2D eigenvalue weighted by Crippen LogP contribution is 2.14. The van der Waals surface area contributed by atoms with Crippen molar-refractivity contribution in [1.82, 2.24) is 0 Å². The maximum absolute atomic E-state index is 5.54. The van der Waals surface area contributed by atoms with Gasteiger partial charge in [-0.25, -0.2) is 0 Å². The van der Waals surface area contributed by atoms with Crippen molar-refractivity contribution in [2.45, 2.75) is 26.4 Å². The lowest BCUT2D eigenvalue weighted by Crippen LogP contribution is -2.05. The third-order valence-corrected chi connectivity index (χ3v) is 2.07. The minimum absolute atomic E-state index is 0.252. The SMILES string of the molecule is CC(C)Oc1ccc(CCBr)cc1. The van der Waals surface area contributed by atoms with Gasteiger partial charge in [-0.15, -0.1) is 0 Å². The molecule has 0 saturated heterocycles. The molecule has 0 atom stereocenters. The first-order valence-electron chi connectivity index (χ1n) is 4.54. The molecule has 0 spiro atoms. The fourth-order valence-electron chi connectivity index (χ4n) is 1.12. The maximum atomic E-state index is 5.54. The van der Waals surface area contributed by atoms with E-state index in [-0.39, 0.29) is 6.10 Å². The van der Waals surface area contributed by atoms with Gasteiger partial charge in [0, 0.05) is 5.33 Å². The number of ether oxygens (including phenoxy) is 1. The summed E-state index contributed by atoms with van der Waals surface area (Å²) in [5.74, 6) is 0.952. The highest BCUT2D eigenvalue weighted by atomic mass is 79.9. The monoisotopic (exact) mass is 242 g/mol. The van der Waals surface area contributed by atoms with Gasteiger partial charge in [0.15, 0.2) is 0 Å². The van der Waals surface area contributed by atoms with Gasteiger partial charge in [0.25, 0.3) is 0 Å². The van der Waals surface area contributed by atoms with Crippen LogP contribution < -0.4 is 4.74 Å². The minimum atomic E-state index is 0.252. The van der Waals surface area contributed by atoms with Gasteiger partial charge in [-0.2, -0.15) is 0 Å². The molecule has 1 aromatic rings. The molecule has 0 aliphatic heterocycles. The standard InChI is InChI=1S/C11H15BrO/c1-9(2)13-11-5-3-10(4-6-11)7-8-12/h3-6,9H,7-8H2,1-2H3. The lowest BCUT2D eigenvalue weighted by atomic mass is 10.2. The largest absolute Gasteiger partial charge is 0.491 e. The van der Waals surface area contributed by atoms with E-state index in [1.807, 2.05) is 26.0 Å². The molecule has 0 N–H and O–H groups in total. The van der Waals surface area contributed by atoms with E-state index in [2.05, 4.69) is 28.1 Å². The summed E-state index contributed by atoms with van der Waals surface area (Å²) in [6.45, 7) is 4.07. The van der Waals surface area contributed by atoms with Crippen molar-refractivity contribution in [1.29, 1.82) is 0 Å². The van der Waals surface area contributed by atoms with Crippen LogP contribution in [-0.2, 0) is 6.42 Å². The van der Waals surface area contributed by atoms with Crippen molar-refractivity contribution in [3.05, 3.63) is 29.8 Å². The van der Waals surface area contributed by atoms with Gasteiger partial charge in [0.1, 0.15) is 5.75 Å². The molecule has 0 amide bonds. The second kappa shape index (κ2) is 5.28. The second-order valence-electron chi connectivity index (χ2n) is 3.25. The number of rotatable bonds is 4. The number of halogens is 1. The molecule has 0 bridgehead atoms. The third-order valence-electron chi connectivity index (χ3n) is 1.68. The lowest BCUT2D eigenvalue weighted by molar-refractivity contribution is 0.242. The van der Waals surface area contributed by atoms with Crippen LogP contribution in [0.25, 0.3) is 0 Å². The predicted molar refractivity (Wildman–Crippen MR) is 59.7 cm³/mol. The fourth-order valence-corrected chi connectivity index (χ4v) is 1.57. The Bertz CT molecular complexity index is 241. The lowest BCUT2D eigenvalue weighted by Gasteiger charge is -2.09. The predicted octanol–water partition coefficient (Wildman–Crippen LogP) is 3.41. The van der Waals surface area contributed by atoms with Gasteiger partial charge in [-0.3, -0.25) is 0 Å². The smallest absolute Gasteiger partial charge is 0.119 e. The molecule has 2 heteroatoms. The zero-order valence-corrected chi connectivity index (χ0v) is 9.67. The summed E-state index contributed by atoms with van der Waals surface area (Å²) < 4.78 is 5.54. The van der Waals surface area contributed by atoms with E-state index >= 15 is 0 Å². The number of benzene rings is 1. The molecule has 72 valence electrons. The summed E-state index contributed by atoms with van der Waals surface area (Å²) in [5.41, 5.74) is 1.34. The van der Waals surface area contributed by atoms with E-state index in [4.69, 9.17) is 4.74 Å².